The molecule has 2 aromatic carbocycles. The highest BCUT2D eigenvalue weighted by atomic mass is 32.2. The van der Waals surface area contributed by atoms with Crippen LogP contribution in [0.3, 0.4) is 0 Å². The average Bonchev–Trinajstić information content (AvgIpc) is 3.33. The molecule has 4 rings (SSSR count). The maximum Gasteiger partial charge on any atom is 0.243 e. The minimum atomic E-state index is -3.53. The summed E-state index contributed by atoms with van der Waals surface area (Å²) in [5.74, 6) is -0.555. The van der Waals surface area contributed by atoms with E-state index in [-0.39, 0.29) is 23.0 Å². The number of aryl methyl sites for hydroxylation is 1. The topological polar surface area (TPSA) is 104 Å². The molecular formula is C24H25FN4O4S. The molecule has 2 N–H and O–H groups in total. The van der Waals surface area contributed by atoms with Crippen LogP contribution in [0, 0.1) is 5.82 Å². The van der Waals surface area contributed by atoms with Crippen molar-refractivity contribution in [2.45, 2.75) is 17.7 Å². The highest BCUT2D eigenvalue weighted by Crippen LogP contribution is 2.19. The molecule has 0 saturated carbocycles. The van der Waals surface area contributed by atoms with Gasteiger partial charge in [0.25, 0.3) is 0 Å². The molecule has 1 saturated heterocycles. The zero-order chi connectivity index (χ0) is 24.0. The monoisotopic (exact) mass is 484 g/mol. The normalized spacial score (nSPS) is 15.0. The van der Waals surface area contributed by atoms with Crippen LogP contribution >= 0.6 is 0 Å². The number of hydrazone groups is 1. The summed E-state index contributed by atoms with van der Waals surface area (Å²) in [6, 6.07) is 16.4. The number of carbonyl (C=O) groups is 1. The quantitative estimate of drug-likeness (QED) is 0.379. The molecule has 0 radical (unpaired) electrons. The molecule has 178 valence electrons. The van der Waals surface area contributed by atoms with Crippen LogP contribution in [0.25, 0.3) is 11.3 Å². The number of aromatic amines is 1. The van der Waals surface area contributed by atoms with Crippen molar-refractivity contribution in [1.29, 1.82) is 0 Å². The summed E-state index contributed by atoms with van der Waals surface area (Å²) < 4.78 is 45.0. The highest BCUT2D eigenvalue weighted by molar-refractivity contribution is 7.89. The molecule has 0 aliphatic carbocycles. The number of carbonyl (C=O) groups excluding carboxylic acids is 1. The van der Waals surface area contributed by atoms with Crippen LogP contribution in [0.5, 0.6) is 0 Å². The average molecular weight is 485 g/mol. The van der Waals surface area contributed by atoms with Gasteiger partial charge < -0.3 is 9.72 Å². The van der Waals surface area contributed by atoms with Gasteiger partial charge in [0.1, 0.15) is 5.82 Å². The largest absolute Gasteiger partial charge is 0.379 e. The summed E-state index contributed by atoms with van der Waals surface area (Å²) in [7, 11) is -3.53. The minimum Gasteiger partial charge on any atom is -0.379 e. The van der Waals surface area contributed by atoms with Gasteiger partial charge in [-0.25, -0.2) is 18.2 Å². The third-order valence-corrected chi connectivity index (χ3v) is 7.34. The molecule has 2 heterocycles. The summed E-state index contributed by atoms with van der Waals surface area (Å²) >= 11 is 0. The number of benzene rings is 2. The maximum atomic E-state index is 13.1. The van der Waals surface area contributed by atoms with Crippen LogP contribution in [-0.4, -0.2) is 56.1 Å². The van der Waals surface area contributed by atoms with E-state index in [4.69, 9.17) is 4.74 Å². The van der Waals surface area contributed by atoms with Crippen molar-refractivity contribution >= 4 is 22.1 Å². The van der Waals surface area contributed by atoms with Gasteiger partial charge in [0, 0.05) is 25.2 Å². The first-order valence-corrected chi connectivity index (χ1v) is 12.3. The van der Waals surface area contributed by atoms with Crippen molar-refractivity contribution in [3.63, 3.8) is 0 Å². The SMILES string of the molecule is O=C(CCc1ccc(S(=O)(=O)N2CCOCC2)cc1)NN=Cc1ccc(-c2ccc(F)cc2)[nH]1. The van der Waals surface area contributed by atoms with Gasteiger partial charge >= 0.3 is 0 Å². The molecule has 0 bridgehead atoms. The van der Waals surface area contributed by atoms with Crippen molar-refractivity contribution in [2.75, 3.05) is 26.3 Å². The van der Waals surface area contributed by atoms with E-state index in [1.165, 1.54) is 22.7 Å². The summed E-state index contributed by atoms with van der Waals surface area (Å²) in [6.45, 7) is 1.49. The first-order valence-electron chi connectivity index (χ1n) is 10.9. The Balaban J connectivity index is 1.25. The van der Waals surface area contributed by atoms with E-state index in [0.29, 0.717) is 38.4 Å². The van der Waals surface area contributed by atoms with Gasteiger partial charge in [0.2, 0.25) is 15.9 Å². The fourth-order valence-electron chi connectivity index (χ4n) is 3.54. The van der Waals surface area contributed by atoms with E-state index in [0.717, 1.165) is 16.8 Å². The number of rotatable bonds is 8. The Morgan fingerprint density at radius 2 is 1.76 bits per heavy atom. The molecule has 1 aliphatic rings. The molecule has 1 aliphatic heterocycles. The Hall–Kier alpha value is -3.34. The van der Waals surface area contributed by atoms with E-state index >= 15 is 0 Å². The number of nitrogens with one attached hydrogen (secondary N) is 2. The number of sulfonamides is 1. The number of morpholine rings is 1. The van der Waals surface area contributed by atoms with E-state index in [1.807, 2.05) is 6.07 Å². The van der Waals surface area contributed by atoms with E-state index in [9.17, 15) is 17.6 Å². The molecule has 1 aromatic heterocycles. The molecule has 0 spiro atoms. The number of aromatic nitrogens is 1. The number of ether oxygens (including phenoxy) is 1. The molecule has 0 unspecified atom stereocenters. The van der Waals surface area contributed by atoms with E-state index < -0.39 is 10.0 Å². The summed E-state index contributed by atoms with van der Waals surface area (Å²) in [5, 5.41) is 3.96. The van der Waals surface area contributed by atoms with Gasteiger partial charge in [-0.05, 0) is 66.1 Å². The van der Waals surface area contributed by atoms with Gasteiger partial charge in [0.05, 0.1) is 30.0 Å². The number of H-pyrrole nitrogens is 1. The van der Waals surface area contributed by atoms with Crippen molar-refractivity contribution in [1.82, 2.24) is 14.7 Å². The minimum absolute atomic E-state index is 0.207. The highest BCUT2D eigenvalue weighted by Gasteiger charge is 2.26. The molecule has 1 fully saturated rings. The first-order chi connectivity index (χ1) is 16.4. The van der Waals surface area contributed by atoms with Gasteiger partial charge in [0.15, 0.2) is 0 Å². The van der Waals surface area contributed by atoms with Crippen molar-refractivity contribution in [2.24, 2.45) is 5.10 Å². The summed E-state index contributed by atoms with van der Waals surface area (Å²) in [6.07, 6.45) is 2.16. The smallest absolute Gasteiger partial charge is 0.243 e. The van der Waals surface area contributed by atoms with Crippen LogP contribution in [0.1, 0.15) is 17.7 Å². The molecule has 3 aromatic rings. The fourth-order valence-corrected chi connectivity index (χ4v) is 4.94. The third kappa shape index (κ3) is 5.96. The zero-order valence-corrected chi connectivity index (χ0v) is 19.2. The molecule has 1 amide bonds. The van der Waals surface area contributed by atoms with Crippen LogP contribution in [0.4, 0.5) is 4.39 Å². The second kappa shape index (κ2) is 10.7. The van der Waals surface area contributed by atoms with E-state index in [1.54, 1.807) is 42.5 Å². The number of amides is 1. The maximum absolute atomic E-state index is 13.1. The fraction of sp³-hybridized carbons (Fsp3) is 0.250. The number of hydrogen-bond donors (Lipinski definition) is 2. The lowest BCUT2D eigenvalue weighted by Crippen LogP contribution is -2.40. The zero-order valence-electron chi connectivity index (χ0n) is 18.4. The van der Waals surface area contributed by atoms with Crippen LogP contribution in [0.15, 0.2) is 70.7 Å². The number of halogens is 1. The van der Waals surface area contributed by atoms with E-state index in [2.05, 4.69) is 15.5 Å². The molecule has 8 nitrogen and oxygen atoms in total. The van der Waals surface area contributed by atoms with Gasteiger partial charge in [-0.3, -0.25) is 4.79 Å². The Bertz CT molecular complexity index is 1250. The third-order valence-electron chi connectivity index (χ3n) is 5.43. The lowest BCUT2D eigenvalue weighted by atomic mass is 10.1. The lowest BCUT2D eigenvalue weighted by molar-refractivity contribution is -0.121. The van der Waals surface area contributed by atoms with Crippen LogP contribution in [0.2, 0.25) is 0 Å². The van der Waals surface area contributed by atoms with Crippen LogP contribution < -0.4 is 5.43 Å². The summed E-state index contributed by atoms with van der Waals surface area (Å²) in [4.78, 5) is 15.5. The first kappa shape index (κ1) is 23.8. The molecular weight excluding hydrogens is 459 g/mol. The predicted octanol–water partition coefficient (Wildman–Crippen LogP) is 2.92. The van der Waals surface area contributed by atoms with Crippen molar-refractivity contribution in [3.05, 3.63) is 77.7 Å². The standard InChI is InChI=1S/C24H25FN4O4S/c25-20-6-4-19(5-7-20)23-11-8-21(27-23)17-26-28-24(30)12-3-18-1-9-22(10-2-18)34(31,32)29-13-15-33-16-14-29/h1-2,4-11,17,27H,3,12-16H2,(H,28,30). The Morgan fingerprint density at radius 3 is 2.47 bits per heavy atom. The molecule has 34 heavy (non-hydrogen) atoms. The van der Waals surface area contributed by atoms with Crippen molar-refractivity contribution in [3.8, 4) is 11.3 Å². The Morgan fingerprint density at radius 1 is 1.06 bits per heavy atom. The molecule has 0 atom stereocenters. The number of nitrogens with zero attached hydrogens (tertiary/aromatic N) is 2. The van der Waals surface area contributed by atoms with Gasteiger partial charge in [-0.2, -0.15) is 9.41 Å². The van der Waals surface area contributed by atoms with Gasteiger partial charge in [-0.1, -0.05) is 12.1 Å². The second-order valence-electron chi connectivity index (χ2n) is 7.79. The van der Waals surface area contributed by atoms with Crippen molar-refractivity contribution < 1.29 is 22.3 Å². The Kier molecular flexibility index (Phi) is 7.51. The Labute approximate surface area is 197 Å². The second-order valence-corrected chi connectivity index (χ2v) is 9.73. The van der Waals surface area contributed by atoms with Crippen LogP contribution in [-0.2, 0) is 26.0 Å². The molecule has 10 heteroatoms. The number of hydrogen-bond acceptors (Lipinski definition) is 5. The van der Waals surface area contributed by atoms with Gasteiger partial charge in [-0.15, -0.1) is 0 Å². The summed E-state index contributed by atoms with van der Waals surface area (Å²) in [5.41, 5.74) is 5.68. The predicted molar refractivity (Wildman–Crippen MR) is 126 cm³/mol. The lowest BCUT2D eigenvalue weighted by Gasteiger charge is -2.26.